The highest BCUT2D eigenvalue weighted by atomic mass is 35.5. The molecule has 2 aromatic carbocycles. The van der Waals surface area contributed by atoms with Crippen molar-refractivity contribution in [2.45, 2.75) is 13.2 Å². The Labute approximate surface area is 117 Å². The second-order valence-electron chi connectivity index (χ2n) is 4.22. The normalized spacial score (nSPS) is 10.5. The van der Waals surface area contributed by atoms with E-state index in [1.807, 2.05) is 24.3 Å². The average molecular weight is 280 g/mol. The predicted molar refractivity (Wildman–Crippen MR) is 75.9 cm³/mol. The van der Waals surface area contributed by atoms with E-state index in [0.717, 1.165) is 11.3 Å². The summed E-state index contributed by atoms with van der Waals surface area (Å²) in [5, 5.41) is 3.71. The monoisotopic (exact) mass is 279 g/mol. The van der Waals surface area contributed by atoms with E-state index < -0.39 is 0 Å². The van der Waals surface area contributed by atoms with Crippen LogP contribution in [0, 0.1) is 5.82 Å². The van der Waals surface area contributed by atoms with E-state index in [4.69, 9.17) is 16.3 Å². The summed E-state index contributed by atoms with van der Waals surface area (Å²) in [5.41, 5.74) is 2.54. The molecule has 0 saturated carbocycles. The lowest BCUT2D eigenvalue weighted by Crippen LogP contribution is -2.02. The second kappa shape index (κ2) is 6.55. The van der Waals surface area contributed by atoms with Gasteiger partial charge in [0.05, 0.1) is 6.61 Å². The molecular weight excluding hydrogens is 265 g/mol. The Kier molecular flexibility index (Phi) is 4.77. The fourth-order valence-electron chi connectivity index (χ4n) is 1.81. The summed E-state index contributed by atoms with van der Waals surface area (Å²) in [7, 11) is 1.65. The van der Waals surface area contributed by atoms with Gasteiger partial charge in [-0.2, -0.15) is 0 Å². The van der Waals surface area contributed by atoms with Crippen LogP contribution >= 0.6 is 11.6 Å². The molecule has 4 heteroatoms. The van der Waals surface area contributed by atoms with Crippen LogP contribution in [0.2, 0.25) is 5.02 Å². The van der Waals surface area contributed by atoms with E-state index in [0.29, 0.717) is 23.7 Å². The highest BCUT2D eigenvalue weighted by Crippen LogP contribution is 2.17. The largest absolute Gasteiger partial charge is 0.381 e. The van der Waals surface area contributed by atoms with Crippen LogP contribution < -0.4 is 5.32 Å². The van der Waals surface area contributed by atoms with Gasteiger partial charge in [0, 0.05) is 29.9 Å². The van der Waals surface area contributed by atoms with Gasteiger partial charge in [-0.15, -0.1) is 0 Å². The lowest BCUT2D eigenvalue weighted by molar-refractivity contribution is 0.185. The maximum atomic E-state index is 13.6. The van der Waals surface area contributed by atoms with Gasteiger partial charge in [0.25, 0.3) is 0 Å². The number of methoxy groups -OCH3 is 1. The van der Waals surface area contributed by atoms with Gasteiger partial charge in [-0.3, -0.25) is 0 Å². The minimum Gasteiger partial charge on any atom is -0.381 e. The molecule has 0 aliphatic heterocycles. The molecule has 100 valence electrons. The Hall–Kier alpha value is -1.58. The fourth-order valence-corrected chi connectivity index (χ4v) is 2.01. The van der Waals surface area contributed by atoms with E-state index in [9.17, 15) is 4.39 Å². The predicted octanol–water partition coefficient (Wildman–Crippen LogP) is 4.24. The number of hydrogen-bond donors (Lipinski definition) is 1. The molecule has 19 heavy (non-hydrogen) atoms. The number of ether oxygens (including phenoxy) is 1. The number of halogens is 2. The van der Waals surface area contributed by atoms with Crippen molar-refractivity contribution in [1.82, 2.24) is 0 Å². The van der Waals surface area contributed by atoms with Crippen molar-refractivity contribution < 1.29 is 9.13 Å². The van der Waals surface area contributed by atoms with E-state index in [1.165, 1.54) is 6.07 Å². The van der Waals surface area contributed by atoms with Crippen molar-refractivity contribution >= 4 is 17.3 Å². The van der Waals surface area contributed by atoms with Gasteiger partial charge in [-0.25, -0.2) is 4.39 Å². The second-order valence-corrected chi connectivity index (χ2v) is 4.66. The zero-order valence-electron chi connectivity index (χ0n) is 10.6. The number of hydrogen-bond acceptors (Lipinski definition) is 2. The molecule has 0 aliphatic carbocycles. The number of rotatable bonds is 5. The minimum atomic E-state index is -0.259. The van der Waals surface area contributed by atoms with Crippen LogP contribution in [0.1, 0.15) is 11.1 Å². The summed E-state index contributed by atoms with van der Waals surface area (Å²) in [6.07, 6.45) is 0. The summed E-state index contributed by atoms with van der Waals surface area (Å²) in [6, 6.07) is 12.4. The van der Waals surface area contributed by atoms with E-state index >= 15 is 0 Å². The zero-order chi connectivity index (χ0) is 13.7. The molecule has 0 bridgehead atoms. The van der Waals surface area contributed by atoms with Crippen molar-refractivity contribution in [3.8, 4) is 0 Å². The Morgan fingerprint density at radius 1 is 1.21 bits per heavy atom. The first-order valence-corrected chi connectivity index (χ1v) is 6.32. The lowest BCUT2D eigenvalue weighted by atomic mass is 10.2. The van der Waals surface area contributed by atoms with E-state index in [1.54, 1.807) is 19.2 Å². The van der Waals surface area contributed by atoms with E-state index in [2.05, 4.69) is 5.32 Å². The fraction of sp³-hybridized carbons (Fsp3) is 0.200. The third-order valence-corrected chi connectivity index (χ3v) is 2.96. The van der Waals surface area contributed by atoms with Gasteiger partial charge in [-0.1, -0.05) is 23.7 Å². The molecule has 0 atom stereocenters. The topological polar surface area (TPSA) is 21.3 Å². The van der Waals surface area contributed by atoms with Gasteiger partial charge in [0.1, 0.15) is 5.82 Å². The van der Waals surface area contributed by atoms with Gasteiger partial charge in [-0.05, 0) is 35.9 Å². The standard InChI is InChI=1S/C15H15ClFNO/c1-19-10-11-3-2-4-14(7-11)18-9-12-8-13(16)5-6-15(12)17/h2-8,18H,9-10H2,1H3. The quantitative estimate of drug-likeness (QED) is 0.884. The summed E-state index contributed by atoms with van der Waals surface area (Å²) in [6.45, 7) is 0.948. The van der Waals surface area contributed by atoms with Crippen LogP contribution in [0.3, 0.4) is 0 Å². The molecule has 0 fully saturated rings. The highest BCUT2D eigenvalue weighted by molar-refractivity contribution is 6.30. The van der Waals surface area contributed by atoms with Crippen LogP contribution in [0.4, 0.5) is 10.1 Å². The molecule has 2 rings (SSSR count). The molecule has 2 nitrogen and oxygen atoms in total. The number of benzene rings is 2. The van der Waals surface area contributed by atoms with Crippen molar-refractivity contribution in [1.29, 1.82) is 0 Å². The first kappa shape index (κ1) is 13.8. The van der Waals surface area contributed by atoms with Crippen molar-refractivity contribution in [3.63, 3.8) is 0 Å². The summed E-state index contributed by atoms with van der Waals surface area (Å²) in [4.78, 5) is 0. The van der Waals surface area contributed by atoms with Crippen LogP contribution in [0.25, 0.3) is 0 Å². The van der Waals surface area contributed by atoms with Crippen LogP contribution in [0.5, 0.6) is 0 Å². The molecule has 0 spiro atoms. The smallest absolute Gasteiger partial charge is 0.128 e. The third-order valence-electron chi connectivity index (χ3n) is 2.73. The molecule has 0 heterocycles. The molecular formula is C15H15ClFNO. The van der Waals surface area contributed by atoms with Crippen LogP contribution in [-0.2, 0) is 17.9 Å². The Balaban J connectivity index is 2.05. The molecule has 2 aromatic rings. The van der Waals surface area contributed by atoms with E-state index in [-0.39, 0.29) is 5.82 Å². The van der Waals surface area contributed by atoms with Gasteiger partial charge >= 0.3 is 0 Å². The van der Waals surface area contributed by atoms with Crippen LogP contribution in [-0.4, -0.2) is 7.11 Å². The summed E-state index contributed by atoms with van der Waals surface area (Å²) >= 11 is 5.85. The van der Waals surface area contributed by atoms with Crippen molar-refractivity contribution in [3.05, 3.63) is 64.4 Å². The Morgan fingerprint density at radius 2 is 2.05 bits per heavy atom. The molecule has 0 saturated heterocycles. The lowest BCUT2D eigenvalue weighted by Gasteiger charge is -2.09. The Bertz CT molecular complexity index is 560. The first-order chi connectivity index (χ1) is 9.19. The van der Waals surface area contributed by atoms with Gasteiger partial charge in [0.2, 0.25) is 0 Å². The van der Waals surface area contributed by atoms with Gasteiger partial charge in [0.15, 0.2) is 0 Å². The highest BCUT2D eigenvalue weighted by Gasteiger charge is 2.03. The SMILES string of the molecule is COCc1cccc(NCc2cc(Cl)ccc2F)c1. The molecule has 0 amide bonds. The first-order valence-electron chi connectivity index (χ1n) is 5.94. The van der Waals surface area contributed by atoms with Crippen molar-refractivity contribution in [2.24, 2.45) is 0 Å². The maximum absolute atomic E-state index is 13.6. The molecule has 0 aromatic heterocycles. The maximum Gasteiger partial charge on any atom is 0.128 e. The summed E-state index contributed by atoms with van der Waals surface area (Å²) in [5.74, 6) is -0.259. The molecule has 0 aliphatic rings. The summed E-state index contributed by atoms with van der Waals surface area (Å²) < 4.78 is 18.6. The van der Waals surface area contributed by atoms with Crippen molar-refractivity contribution in [2.75, 3.05) is 12.4 Å². The molecule has 1 N–H and O–H groups in total. The molecule has 0 unspecified atom stereocenters. The molecule has 0 radical (unpaired) electrons. The number of anilines is 1. The minimum absolute atomic E-state index is 0.259. The van der Waals surface area contributed by atoms with Crippen LogP contribution in [0.15, 0.2) is 42.5 Å². The average Bonchev–Trinajstić information content (AvgIpc) is 2.41. The Morgan fingerprint density at radius 3 is 2.84 bits per heavy atom. The zero-order valence-corrected chi connectivity index (χ0v) is 11.4. The number of nitrogens with one attached hydrogen (secondary N) is 1. The van der Waals surface area contributed by atoms with Gasteiger partial charge < -0.3 is 10.1 Å². The third kappa shape index (κ3) is 3.94.